The quantitative estimate of drug-likeness (QED) is 0.141. The van der Waals surface area contributed by atoms with Gasteiger partial charge in [0.1, 0.15) is 5.57 Å². The van der Waals surface area contributed by atoms with Crippen LogP contribution in [0.5, 0.6) is 0 Å². The Balaban J connectivity index is 3.46. The Morgan fingerprint density at radius 1 is 0.917 bits per heavy atom. The van der Waals surface area contributed by atoms with Crippen LogP contribution >= 0.6 is 0 Å². The average Bonchev–Trinajstić information content (AvgIpc) is 2.70. The first-order chi connectivity index (χ1) is 16.0. The van der Waals surface area contributed by atoms with E-state index < -0.39 is 76.2 Å². The van der Waals surface area contributed by atoms with Gasteiger partial charge in [0.2, 0.25) is 5.78 Å². The number of carbonyl (C=O) groups excluding carboxylic acids is 2. The molecule has 204 valence electrons. The van der Waals surface area contributed by atoms with E-state index in [0.717, 1.165) is 12.1 Å². The highest BCUT2D eigenvalue weighted by Crippen LogP contribution is 2.43. The summed E-state index contributed by atoms with van der Waals surface area (Å²) < 4.78 is 170. The molecule has 0 spiro atoms. The maximum absolute atomic E-state index is 13.9. The molecule has 1 unspecified atom stereocenters. The topological polar surface area (TPSA) is 107 Å². The second-order valence-electron chi connectivity index (χ2n) is 6.86. The molecule has 0 fully saturated rings. The molecule has 1 aromatic rings. The maximum atomic E-state index is 13.9. The molecule has 0 aliphatic heterocycles. The van der Waals surface area contributed by atoms with Crippen molar-refractivity contribution in [1.29, 1.82) is 0 Å². The maximum Gasteiger partial charge on any atom is 0.464 e. The van der Waals surface area contributed by atoms with Crippen molar-refractivity contribution in [2.75, 3.05) is 6.61 Å². The lowest BCUT2D eigenvalue weighted by Gasteiger charge is -2.34. The van der Waals surface area contributed by atoms with Gasteiger partial charge in [0.15, 0.2) is 0 Å². The second kappa shape index (κ2) is 10.3. The van der Waals surface area contributed by atoms with E-state index in [9.17, 15) is 61.9 Å². The smallest absolute Gasteiger partial charge is 0.413 e. The SMILES string of the molecule is C=C(C(=O)OC(OCCC(F)(F)C(F)(F)S(=O)(=O)O)(C(=O)Cc1ccccc1)C(F)(F)F)C(F)(F)F. The Hall–Kier alpha value is -2.73. The van der Waals surface area contributed by atoms with Crippen LogP contribution in [-0.2, 0) is 35.6 Å². The summed E-state index contributed by atoms with van der Waals surface area (Å²) >= 11 is 0. The van der Waals surface area contributed by atoms with Gasteiger partial charge in [-0.1, -0.05) is 36.9 Å². The third kappa shape index (κ3) is 6.73. The van der Waals surface area contributed by atoms with Crippen LogP contribution in [0.15, 0.2) is 42.5 Å². The van der Waals surface area contributed by atoms with Gasteiger partial charge < -0.3 is 9.47 Å². The molecule has 0 amide bonds. The highest BCUT2D eigenvalue weighted by Gasteiger charge is 2.68. The number of carbonyl (C=O) groups is 2. The highest BCUT2D eigenvalue weighted by molar-refractivity contribution is 7.87. The largest absolute Gasteiger partial charge is 0.464 e. The number of ether oxygens (including phenoxy) is 2. The number of alkyl halides is 10. The van der Waals surface area contributed by atoms with E-state index in [4.69, 9.17) is 4.55 Å². The van der Waals surface area contributed by atoms with Crippen molar-refractivity contribution in [3.8, 4) is 0 Å². The first-order valence-electron chi connectivity index (χ1n) is 8.99. The summed E-state index contributed by atoms with van der Waals surface area (Å²) in [4.78, 5) is 24.2. The van der Waals surface area contributed by atoms with Crippen molar-refractivity contribution >= 4 is 21.9 Å². The second-order valence-corrected chi connectivity index (χ2v) is 8.32. The predicted octanol–water partition coefficient (Wildman–Crippen LogP) is 4.24. The molecule has 0 saturated carbocycles. The predicted molar refractivity (Wildman–Crippen MR) is 97.2 cm³/mol. The third-order valence-corrected chi connectivity index (χ3v) is 5.19. The van der Waals surface area contributed by atoms with E-state index in [1.165, 1.54) is 18.2 Å². The fraction of sp³-hybridized carbons (Fsp3) is 0.444. The molecule has 7 nitrogen and oxygen atoms in total. The molecular weight excluding hydrogens is 550 g/mol. The van der Waals surface area contributed by atoms with Crippen LogP contribution < -0.4 is 0 Å². The molecule has 1 atom stereocenters. The van der Waals surface area contributed by atoms with E-state index in [0.29, 0.717) is 0 Å². The summed E-state index contributed by atoms with van der Waals surface area (Å²) in [6.45, 7) is -0.163. The number of hydrogen-bond donors (Lipinski definition) is 1. The lowest BCUT2D eigenvalue weighted by atomic mass is 10.0. The van der Waals surface area contributed by atoms with Gasteiger partial charge in [-0.05, 0) is 5.56 Å². The standard InChI is InChI=1S/C18H14F10O7S/c1-10(16(21,22)23)13(30)35-15(17(24,25)26,12(29)9-11-5-3-2-4-6-11)34-8-7-14(19,20)18(27,28)36(31,32)33/h2-6H,1,7-9H2,(H,31,32,33). The average molecular weight is 564 g/mol. The Kier molecular flexibility index (Phi) is 8.98. The Bertz CT molecular complexity index is 1080. The molecule has 1 rings (SSSR count). The van der Waals surface area contributed by atoms with Crippen molar-refractivity contribution in [1.82, 2.24) is 0 Å². The van der Waals surface area contributed by atoms with Crippen molar-refractivity contribution in [2.45, 2.75) is 42.2 Å². The van der Waals surface area contributed by atoms with Crippen LogP contribution in [-0.4, -0.2) is 60.6 Å². The van der Waals surface area contributed by atoms with E-state index in [1.807, 2.05) is 0 Å². The molecule has 18 heteroatoms. The normalized spacial score (nSPS) is 15.2. The summed E-state index contributed by atoms with van der Waals surface area (Å²) in [7, 11) is -6.81. The molecule has 1 aromatic carbocycles. The molecule has 0 saturated heterocycles. The van der Waals surface area contributed by atoms with E-state index in [2.05, 4.69) is 16.1 Å². The molecule has 0 radical (unpaired) electrons. The summed E-state index contributed by atoms with van der Waals surface area (Å²) in [5, 5.41) is -6.25. The number of Topliss-reactive ketones (excluding diaryl/α,β-unsaturated/α-hetero) is 1. The van der Waals surface area contributed by atoms with Gasteiger partial charge in [0.05, 0.1) is 6.61 Å². The molecule has 0 aliphatic carbocycles. The van der Waals surface area contributed by atoms with Gasteiger partial charge in [-0.3, -0.25) is 9.35 Å². The lowest BCUT2D eigenvalue weighted by Crippen LogP contribution is -2.59. The number of benzene rings is 1. The number of ketones is 1. The van der Waals surface area contributed by atoms with Gasteiger partial charge in [0, 0.05) is 12.8 Å². The van der Waals surface area contributed by atoms with Crippen molar-refractivity contribution in [2.24, 2.45) is 0 Å². The molecular formula is C18H14F10O7S. The van der Waals surface area contributed by atoms with Crippen LogP contribution in [0.3, 0.4) is 0 Å². The van der Waals surface area contributed by atoms with Gasteiger partial charge in [-0.2, -0.15) is 52.3 Å². The Morgan fingerprint density at radius 2 is 1.42 bits per heavy atom. The van der Waals surface area contributed by atoms with Crippen LogP contribution in [0.25, 0.3) is 0 Å². The van der Waals surface area contributed by atoms with Crippen LogP contribution in [0.2, 0.25) is 0 Å². The van der Waals surface area contributed by atoms with Crippen molar-refractivity contribution in [3.05, 3.63) is 48.0 Å². The van der Waals surface area contributed by atoms with Gasteiger partial charge in [-0.15, -0.1) is 0 Å². The van der Waals surface area contributed by atoms with E-state index >= 15 is 0 Å². The minimum atomic E-state index is -6.81. The first-order valence-corrected chi connectivity index (χ1v) is 10.4. The summed E-state index contributed by atoms with van der Waals surface area (Å²) in [6.07, 6.45) is -16.0. The van der Waals surface area contributed by atoms with Gasteiger partial charge >= 0.3 is 45.4 Å². The van der Waals surface area contributed by atoms with E-state index in [-0.39, 0.29) is 5.56 Å². The summed E-state index contributed by atoms with van der Waals surface area (Å²) in [5.41, 5.74) is -2.83. The minimum absolute atomic E-state index is 0.256. The number of rotatable bonds is 11. The lowest BCUT2D eigenvalue weighted by molar-refractivity contribution is -0.349. The van der Waals surface area contributed by atoms with Crippen LogP contribution in [0.1, 0.15) is 12.0 Å². The zero-order valence-electron chi connectivity index (χ0n) is 17.3. The van der Waals surface area contributed by atoms with Crippen LogP contribution in [0.4, 0.5) is 43.9 Å². The molecule has 36 heavy (non-hydrogen) atoms. The molecule has 0 aromatic heterocycles. The monoisotopic (exact) mass is 564 g/mol. The number of hydrogen-bond acceptors (Lipinski definition) is 6. The zero-order valence-corrected chi connectivity index (χ0v) is 18.1. The van der Waals surface area contributed by atoms with E-state index in [1.54, 1.807) is 0 Å². The summed E-state index contributed by atoms with van der Waals surface area (Å²) in [6, 6.07) is 5.82. The first kappa shape index (κ1) is 31.3. The Morgan fingerprint density at radius 3 is 1.83 bits per heavy atom. The fourth-order valence-electron chi connectivity index (χ4n) is 2.33. The number of esters is 1. The zero-order chi connectivity index (χ0) is 28.4. The van der Waals surface area contributed by atoms with Gasteiger partial charge in [0.25, 0.3) is 0 Å². The van der Waals surface area contributed by atoms with Crippen LogP contribution in [0, 0.1) is 0 Å². The molecule has 0 aliphatic rings. The minimum Gasteiger partial charge on any atom is -0.413 e. The third-order valence-electron chi connectivity index (χ3n) is 4.24. The highest BCUT2D eigenvalue weighted by atomic mass is 32.2. The molecule has 0 heterocycles. The molecule has 0 bridgehead atoms. The molecule has 1 N–H and O–H groups in total. The van der Waals surface area contributed by atoms with Crippen molar-refractivity contribution < 1.29 is 75.9 Å². The number of halogens is 10. The fourth-order valence-corrected chi connectivity index (χ4v) is 2.81. The van der Waals surface area contributed by atoms with Crippen molar-refractivity contribution in [3.63, 3.8) is 0 Å². The summed E-state index contributed by atoms with van der Waals surface area (Å²) in [5.74, 6) is -16.1. The van der Waals surface area contributed by atoms with Gasteiger partial charge in [-0.25, -0.2) is 4.79 Å². The Labute approximate surface area is 195 Å².